The molecule has 4 rings (SSSR count). The van der Waals surface area contributed by atoms with E-state index in [-0.39, 0.29) is 17.9 Å². The molecule has 0 aliphatic rings. The van der Waals surface area contributed by atoms with Gasteiger partial charge in [0.2, 0.25) is 0 Å². The zero-order valence-electron chi connectivity index (χ0n) is 16.6. The summed E-state index contributed by atoms with van der Waals surface area (Å²) in [4.78, 5) is 24.7. The molecular weight excluding hydrogens is 462 g/mol. The first-order valence-corrected chi connectivity index (χ1v) is 10.2. The first kappa shape index (κ1) is 20.7. The van der Waals surface area contributed by atoms with Crippen LogP contribution in [0.15, 0.2) is 86.5 Å². The van der Waals surface area contributed by atoms with Crippen LogP contribution in [0.25, 0.3) is 22.3 Å². The van der Waals surface area contributed by atoms with Gasteiger partial charge in [0.25, 0.3) is 5.91 Å². The van der Waals surface area contributed by atoms with E-state index in [1.807, 2.05) is 24.3 Å². The maximum Gasteiger partial charge on any atom is 0.262 e. The van der Waals surface area contributed by atoms with Crippen LogP contribution in [0.2, 0.25) is 0 Å². The highest BCUT2D eigenvalue weighted by molar-refractivity contribution is 9.10. The monoisotopic (exact) mass is 479 g/mol. The lowest BCUT2D eigenvalue weighted by atomic mass is 10.1. The molecular formula is C24H18BrNO5. The second-order valence-corrected chi connectivity index (χ2v) is 7.62. The molecule has 1 aromatic heterocycles. The summed E-state index contributed by atoms with van der Waals surface area (Å²) < 4.78 is 17.5. The van der Waals surface area contributed by atoms with Crippen molar-refractivity contribution < 1.29 is 18.7 Å². The van der Waals surface area contributed by atoms with Crippen molar-refractivity contribution in [2.45, 2.75) is 0 Å². The molecule has 0 aliphatic carbocycles. The van der Waals surface area contributed by atoms with Gasteiger partial charge in [-0.05, 0) is 66.7 Å². The Kier molecular flexibility index (Phi) is 6.04. The Labute approximate surface area is 186 Å². The minimum Gasteiger partial charge on any atom is -0.497 e. The Balaban J connectivity index is 1.48. The van der Waals surface area contributed by atoms with Gasteiger partial charge in [-0.2, -0.15) is 0 Å². The topological polar surface area (TPSA) is 77.8 Å². The Bertz CT molecular complexity index is 1280. The van der Waals surface area contributed by atoms with E-state index in [1.165, 1.54) is 6.07 Å². The lowest BCUT2D eigenvalue weighted by Crippen LogP contribution is -2.20. The molecule has 0 radical (unpaired) electrons. The number of hydrogen-bond donors (Lipinski definition) is 1. The number of anilines is 1. The van der Waals surface area contributed by atoms with Crippen LogP contribution in [0.3, 0.4) is 0 Å². The third kappa shape index (κ3) is 4.95. The molecule has 1 amide bonds. The fraction of sp³-hybridized carbons (Fsp3) is 0.0833. The third-order valence-electron chi connectivity index (χ3n) is 4.57. The number of fused-ring (bicyclic) bond motifs is 1. The second kappa shape index (κ2) is 9.06. The zero-order chi connectivity index (χ0) is 21.8. The van der Waals surface area contributed by atoms with Crippen LogP contribution in [-0.2, 0) is 4.79 Å². The van der Waals surface area contributed by atoms with Crippen LogP contribution < -0.4 is 20.2 Å². The van der Waals surface area contributed by atoms with Gasteiger partial charge < -0.3 is 19.2 Å². The van der Waals surface area contributed by atoms with Crippen molar-refractivity contribution in [2.75, 3.05) is 19.0 Å². The second-order valence-electron chi connectivity index (χ2n) is 6.71. The van der Waals surface area contributed by atoms with Gasteiger partial charge in [-0.25, -0.2) is 0 Å². The van der Waals surface area contributed by atoms with Gasteiger partial charge in [-0.3, -0.25) is 9.59 Å². The minimum atomic E-state index is -0.302. The van der Waals surface area contributed by atoms with Crippen molar-refractivity contribution in [3.05, 3.63) is 87.5 Å². The fourth-order valence-corrected chi connectivity index (χ4v) is 3.27. The molecule has 0 fully saturated rings. The largest absolute Gasteiger partial charge is 0.497 e. The van der Waals surface area contributed by atoms with E-state index in [2.05, 4.69) is 21.2 Å². The molecule has 31 heavy (non-hydrogen) atoms. The van der Waals surface area contributed by atoms with Crippen LogP contribution in [0.5, 0.6) is 11.5 Å². The number of ether oxygens (including phenoxy) is 2. The molecule has 1 N–H and O–H groups in total. The average Bonchev–Trinajstić information content (AvgIpc) is 2.79. The van der Waals surface area contributed by atoms with Gasteiger partial charge in [0.05, 0.1) is 12.5 Å². The number of rotatable bonds is 6. The predicted molar refractivity (Wildman–Crippen MR) is 123 cm³/mol. The van der Waals surface area contributed by atoms with Crippen LogP contribution >= 0.6 is 15.9 Å². The molecule has 0 atom stereocenters. The standard InChI is InChI=1S/C24H18BrNO5/c1-29-18-8-2-15(3-9-18)23-13-21(27)20-12-19(10-11-22(20)31-23)30-14-24(28)26-17-6-4-16(25)5-7-17/h2-13H,14H2,1H3,(H,26,28). The summed E-state index contributed by atoms with van der Waals surface area (Å²) in [5.74, 6) is 1.29. The number of carbonyl (C=O) groups is 1. The average molecular weight is 480 g/mol. The molecule has 0 saturated heterocycles. The van der Waals surface area contributed by atoms with Crippen LogP contribution in [0.1, 0.15) is 0 Å². The summed E-state index contributed by atoms with van der Waals surface area (Å²) in [6.45, 7) is -0.184. The highest BCUT2D eigenvalue weighted by Crippen LogP contribution is 2.26. The Morgan fingerprint density at radius 2 is 1.68 bits per heavy atom. The molecule has 0 unspecified atom stereocenters. The smallest absolute Gasteiger partial charge is 0.262 e. The van der Waals surface area contributed by atoms with Gasteiger partial charge in [0.15, 0.2) is 12.0 Å². The van der Waals surface area contributed by atoms with E-state index in [4.69, 9.17) is 13.9 Å². The van der Waals surface area contributed by atoms with Crippen molar-refractivity contribution >= 4 is 38.5 Å². The van der Waals surface area contributed by atoms with Crippen LogP contribution in [0, 0.1) is 0 Å². The maximum atomic E-state index is 12.6. The van der Waals surface area contributed by atoms with Crippen molar-refractivity contribution in [3.63, 3.8) is 0 Å². The molecule has 0 spiro atoms. The van der Waals surface area contributed by atoms with E-state index < -0.39 is 0 Å². The lowest BCUT2D eigenvalue weighted by molar-refractivity contribution is -0.118. The summed E-state index contributed by atoms with van der Waals surface area (Å²) in [6, 6.07) is 20.8. The third-order valence-corrected chi connectivity index (χ3v) is 5.10. The summed E-state index contributed by atoms with van der Waals surface area (Å²) in [5, 5.41) is 3.13. The van der Waals surface area contributed by atoms with E-state index in [0.717, 1.165) is 15.8 Å². The molecule has 6 nitrogen and oxygen atoms in total. The van der Waals surface area contributed by atoms with Crippen molar-refractivity contribution in [2.24, 2.45) is 0 Å². The highest BCUT2D eigenvalue weighted by Gasteiger charge is 2.10. The molecule has 156 valence electrons. The van der Waals surface area contributed by atoms with E-state index in [0.29, 0.717) is 28.2 Å². The first-order valence-electron chi connectivity index (χ1n) is 9.42. The molecule has 1 heterocycles. The lowest BCUT2D eigenvalue weighted by Gasteiger charge is -2.09. The number of carbonyl (C=O) groups excluding carboxylic acids is 1. The molecule has 0 saturated carbocycles. The number of halogens is 1. The van der Waals surface area contributed by atoms with Gasteiger partial charge in [-0.1, -0.05) is 15.9 Å². The fourth-order valence-electron chi connectivity index (χ4n) is 3.00. The molecule has 0 aliphatic heterocycles. The zero-order valence-corrected chi connectivity index (χ0v) is 18.1. The molecule has 0 bridgehead atoms. The van der Waals surface area contributed by atoms with Crippen molar-refractivity contribution in [3.8, 4) is 22.8 Å². The Morgan fingerprint density at radius 1 is 0.968 bits per heavy atom. The number of methoxy groups -OCH3 is 1. The van der Waals surface area contributed by atoms with Gasteiger partial charge in [0, 0.05) is 21.8 Å². The molecule has 7 heteroatoms. The highest BCUT2D eigenvalue weighted by atomic mass is 79.9. The van der Waals surface area contributed by atoms with Gasteiger partial charge in [0.1, 0.15) is 22.8 Å². The van der Waals surface area contributed by atoms with E-state index in [9.17, 15) is 9.59 Å². The predicted octanol–water partition coefficient (Wildman–Crippen LogP) is 5.25. The quantitative estimate of drug-likeness (QED) is 0.408. The van der Waals surface area contributed by atoms with Gasteiger partial charge in [-0.15, -0.1) is 0 Å². The van der Waals surface area contributed by atoms with Crippen LogP contribution in [-0.4, -0.2) is 19.6 Å². The van der Waals surface area contributed by atoms with Crippen LogP contribution in [0.4, 0.5) is 5.69 Å². The minimum absolute atomic E-state index is 0.184. The number of amides is 1. The summed E-state index contributed by atoms with van der Waals surface area (Å²) >= 11 is 3.35. The number of hydrogen-bond acceptors (Lipinski definition) is 5. The van der Waals surface area contributed by atoms with E-state index >= 15 is 0 Å². The summed E-state index contributed by atoms with van der Waals surface area (Å²) in [7, 11) is 1.59. The van der Waals surface area contributed by atoms with Gasteiger partial charge >= 0.3 is 0 Å². The first-order chi connectivity index (χ1) is 15.0. The summed E-state index contributed by atoms with van der Waals surface area (Å²) in [6.07, 6.45) is 0. The number of nitrogens with one attached hydrogen (secondary N) is 1. The molecule has 3 aromatic carbocycles. The maximum absolute atomic E-state index is 12.6. The SMILES string of the molecule is COc1ccc(-c2cc(=O)c3cc(OCC(=O)Nc4ccc(Br)cc4)ccc3o2)cc1. The number of benzene rings is 3. The Hall–Kier alpha value is -3.58. The van der Waals surface area contributed by atoms with E-state index in [1.54, 1.807) is 49.6 Å². The molecule has 4 aromatic rings. The van der Waals surface area contributed by atoms with Crippen molar-refractivity contribution in [1.82, 2.24) is 0 Å². The normalized spacial score (nSPS) is 10.6. The summed E-state index contributed by atoms with van der Waals surface area (Å²) in [5.41, 5.74) is 1.67. The van der Waals surface area contributed by atoms with Crippen molar-refractivity contribution in [1.29, 1.82) is 0 Å². The Morgan fingerprint density at radius 3 is 2.39 bits per heavy atom.